The Hall–Kier alpha value is -1.86. The Morgan fingerprint density at radius 1 is 1.40 bits per heavy atom. The number of aromatic nitrogens is 1. The first kappa shape index (κ1) is 17.9. The minimum absolute atomic E-state index is 0.0197. The molecule has 138 valence electrons. The maximum Gasteiger partial charge on any atom is 0.315 e. The van der Waals surface area contributed by atoms with E-state index in [0.717, 1.165) is 50.5 Å². The third kappa shape index (κ3) is 5.06. The van der Waals surface area contributed by atoms with Crippen LogP contribution in [0, 0.1) is 0 Å². The summed E-state index contributed by atoms with van der Waals surface area (Å²) in [7, 11) is 0. The van der Waals surface area contributed by atoms with Crippen molar-refractivity contribution in [2.75, 3.05) is 31.2 Å². The van der Waals surface area contributed by atoms with Crippen LogP contribution in [0.4, 0.5) is 10.6 Å². The first-order valence-corrected chi connectivity index (χ1v) is 9.09. The number of hydrogen-bond acceptors (Lipinski definition) is 5. The van der Waals surface area contributed by atoms with E-state index < -0.39 is 0 Å². The number of hydrogen-bond donors (Lipinski definition) is 2. The Bertz CT molecular complexity index is 560. The topological polar surface area (TPSA) is 75.7 Å². The first-order valence-electron chi connectivity index (χ1n) is 9.09. The molecular weight excluding hydrogens is 320 g/mol. The van der Waals surface area contributed by atoms with Crippen molar-refractivity contribution in [1.29, 1.82) is 0 Å². The molecule has 2 N–H and O–H groups in total. The number of rotatable bonds is 5. The van der Waals surface area contributed by atoms with Crippen LogP contribution >= 0.6 is 0 Å². The van der Waals surface area contributed by atoms with Crippen LogP contribution in [0.3, 0.4) is 0 Å². The minimum Gasteiger partial charge on any atom is -0.376 e. The molecule has 2 aliphatic heterocycles. The number of urea groups is 1. The number of carbonyl (C=O) groups is 1. The maximum absolute atomic E-state index is 12.0. The highest BCUT2D eigenvalue weighted by molar-refractivity contribution is 5.74. The lowest BCUT2D eigenvalue weighted by molar-refractivity contribution is 0.0529. The summed E-state index contributed by atoms with van der Waals surface area (Å²) in [5.41, 5.74) is 0.977. The molecule has 0 radical (unpaired) electrons. The van der Waals surface area contributed by atoms with Crippen LogP contribution in [-0.4, -0.2) is 55.6 Å². The number of nitrogens with one attached hydrogen (secondary N) is 2. The average molecular weight is 348 g/mol. The van der Waals surface area contributed by atoms with Crippen molar-refractivity contribution in [3.63, 3.8) is 0 Å². The summed E-state index contributed by atoms with van der Waals surface area (Å²) >= 11 is 0. The molecule has 7 heteroatoms. The average Bonchev–Trinajstić information content (AvgIpc) is 3.15. The Kier molecular flexibility index (Phi) is 6.09. The number of pyridine rings is 1. The lowest BCUT2D eigenvalue weighted by Crippen LogP contribution is -2.45. The number of anilines is 1. The van der Waals surface area contributed by atoms with Crippen molar-refractivity contribution in [3.05, 3.63) is 23.9 Å². The molecule has 0 aliphatic carbocycles. The summed E-state index contributed by atoms with van der Waals surface area (Å²) in [6.45, 7) is 7.74. The maximum atomic E-state index is 12.0. The second kappa shape index (κ2) is 8.49. The molecule has 3 heterocycles. The fraction of sp³-hybridized carbons (Fsp3) is 0.667. The molecule has 3 atom stereocenters. The molecular formula is C18H28N4O3. The van der Waals surface area contributed by atoms with Crippen LogP contribution in [-0.2, 0) is 16.0 Å². The van der Waals surface area contributed by atoms with Crippen LogP contribution in [0.1, 0.15) is 32.3 Å². The van der Waals surface area contributed by atoms with Gasteiger partial charge in [0.1, 0.15) is 5.82 Å². The summed E-state index contributed by atoms with van der Waals surface area (Å²) < 4.78 is 11.1. The summed E-state index contributed by atoms with van der Waals surface area (Å²) in [6.07, 6.45) is 4.25. The van der Waals surface area contributed by atoms with E-state index in [1.54, 1.807) is 0 Å². The quantitative estimate of drug-likeness (QED) is 0.847. The number of carbonyl (C=O) groups excluding carboxylic acids is 1. The van der Waals surface area contributed by atoms with E-state index in [1.165, 1.54) is 0 Å². The van der Waals surface area contributed by atoms with Crippen molar-refractivity contribution in [3.8, 4) is 0 Å². The molecule has 2 fully saturated rings. The smallest absolute Gasteiger partial charge is 0.315 e. The molecule has 7 nitrogen and oxygen atoms in total. The molecule has 0 unspecified atom stereocenters. The van der Waals surface area contributed by atoms with Crippen molar-refractivity contribution in [2.45, 2.75) is 51.5 Å². The van der Waals surface area contributed by atoms with E-state index in [4.69, 9.17) is 9.47 Å². The Labute approximate surface area is 149 Å². The van der Waals surface area contributed by atoms with Gasteiger partial charge in [-0.15, -0.1) is 0 Å². The monoisotopic (exact) mass is 348 g/mol. The molecule has 25 heavy (non-hydrogen) atoms. The van der Waals surface area contributed by atoms with Crippen LogP contribution in [0.2, 0.25) is 0 Å². The lowest BCUT2D eigenvalue weighted by Gasteiger charge is -2.32. The zero-order chi connectivity index (χ0) is 17.6. The van der Waals surface area contributed by atoms with Gasteiger partial charge in [-0.2, -0.15) is 0 Å². The van der Waals surface area contributed by atoms with Gasteiger partial charge < -0.3 is 25.0 Å². The molecule has 0 bridgehead atoms. The van der Waals surface area contributed by atoms with Gasteiger partial charge in [-0.05, 0) is 38.3 Å². The van der Waals surface area contributed by atoms with Crippen molar-refractivity contribution < 1.29 is 14.3 Å². The highest BCUT2D eigenvalue weighted by atomic mass is 16.5. The number of morpholine rings is 1. The molecule has 2 saturated heterocycles. The molecule has 0 spiro atoms. The van der Waals surface area contributed by atoms with E-state index in [2.05, 4.69) is 27.4 Å². The number of ether oxygens (including phenoxy) is 2. The summed E-state index contributed by atoms with van der Waals surface area (Å²) in [6, 6.07) is 3.86. The second-order valence-electron chi connectivity index (χ2n) is 6.82. The zero-order valence-corrected chi connectivity index (χ0v) is 15.0. The van der Waals surface area contributed by atoms with Crippen LogP contribution in [0.25, 0.3) is 0 Å². The van der Waals surface area contributed by atoms with E-state index >= 15 is 0 Å². The van der Waals surface area contributed by atoms with Crippen LogP contribution < -0.4 is 15.5 Å². The SMILES string of the molecule is C[C@@H]1CN(c2ccc(CNC(=O)N[C@H](C)[C@H]3CCCO3)cn2)CCO1. The molecule has 3 rings (SSSR count). The highest BCUT2D eigenvalue weighted by Crippen LogP contribution is 2.16. The minimum atomic E-state index is -0.172. The third-order valence-electron chi connectivity index (χ3n) is 4.71. The van der Waals surface area contributed by atoms with E-state index in [9.17, 15) is 4.79 Å². The molecule has 2 amide bonds. The second-order valence-corrected chi connectivity index (χ2v) is 6.82. The standard InChI is InChI=1S/C18H28N4O3/c1-13-12-22(7-9-24-13)17-6-5-15(10-19-17)11-20-18(23)21-14(2)16-4-3-8-25-16/h5-6,10,13-14,16H,3-4,7-9,11-12H2,1-2H3,(H2,20,21,23)/t13-,14-,16-/m1/s1. The molecule has 0 aromatic carbocycles. The molecule has 2 aliphatic rings. The summed E-state index contributed by atoms with van der Waals surface area (Å²) in [4.78, 5) is 18.8. The van der Waals surface area contributed by atoms with Gasteiger partial charge in [-0.3, -0.25) is 0 Å². The Morgan fingerprint density at radius 3 is 2.96 bits per heavy atom. The van der Waals surface area contributed by atoms with Gasteiger partial charge in [0.2, 0.25) is 0 Å². The van der Waals surface area contributed by atoms with Gasteiger partial charge in [0, 0.05) is 32.4 Å². The van der Waals surface area contributed by atoms with Gasteiger partial charge in [-0.1, -0.05) is 6.07 Å². The number of nitrogens with zero attached hydrogens (tertiary/aromatic N) is 2. The van der Waals surface area contributed by atoms with Gasteiger partial charge in [0.15, 0.2) is 0 Å². The molecule has 1 aromatic rings. The van der Waals surface area contributed by atoms with Crippen molar-refractivity contribution in [2.24, 2.45) is 0 Å². The van der Waals surface area contributed by atoms with E-state index in [0.29, 0.717) is 6.54 Å². The molecule has 0 saturated carbocycles. The number of amides is 2. The lowest BCUT2D eigenvalue weighted by atomic mass is 10.1. The predicted octanol–water partition coefficient (Wildman–Crippen LogP) is 1.67. The van der Waals surface area contributed by atoms with Gasteiger partial charge in [0.05, 0.1) is 24.9 Å². The van der Waals surface area contributed by atoms with Crippen LogP contribution in [0.15, 0.2) is 18.3 Å². The fourth-order valence-electron chi connectivity index (χ4n) is 3.26. The fourth-order valence-corrected chi connectivity index (χ4v) is 3.26. The third-order valence-corrected chi connectivity index (χ3v) is 4.71. The zero-order valence-electron chi connectivity index (χ0n) is 15.0. The summed E-state index contributed by atoms with van der Waals surface area (Å²) in [5, 5.41) is 5.82. The molecule has 1 aromatic heterocycles. The summed E-state index contributed by atoms with van der Waals surface area (Å²) in [5.74, 6) is 0.954. The predicted molar refractivity (Wildman–Crippen MR) is 95.7 cm³/mol. The van der Waals surface area contributed by atoms with Gasteiger partial charge in [-0.25, -0.2) is 9.78 Å². The van der Waals surface area contributed by atoms with E-state index in [-0.39, 0.29) is 24.3 Å². The largest absolute Gasteiger partial charge is 0.376 e. The highest BCUT2D eigenvalue weighted by Gasteiger charge is 2.23. The van der Waals surface area contributed by atoms with Crippen LogP contribution in [0.5, 0.6) is 0 Å². The Morgan fingerprint density at radius 2 is 2.28 bits per heavy atom. The van der Waals surface area contributed by atoms with E-state index in [1.807, 2.05) is 25.3 Å². The van der Waals surface area contributed by atoms with Gasteiger partial charge in [0.25, 0.3) is 0 Å². The van der Waals surface area contributed by atoms with Gasteiger partial charge >= 0.3 is 6.03 Å². The van der Waals surface area contributed by atoms with Crippen molar-refractivity contribution >= 4 is 11.8 Å². The normalized spacial score (nSPS) is 24.8. The Balaban J connectivity index is 1.44. The van der Waals surface area contributed by atoms with Crippen molar-refractivity contribution in [1.82, 2.24) is 15.6 Å². The first-order chi connectivity index (χ1) is 12.1.